The van der Waals surface area contributed by atoms with Gasteiger partial charge < -0.3 is 10.2 Å². The lowest BCUT2D eigenvalue weighted by Crippen LogP contribution is -2.39. The maximum absolute atomic E-state index is 12.1. The summed E-state index contributed by atoms with van der Waals surface area (Å²) in [6.45, 7) is 2.34. The molecule has 21 heavy (non-hydrogen) atoms. The first-order chi connectivity index (χ1) is 10.1. The van der Waals surface area contributed by atoms with Crippen LogP contribution < -0.4 is 5.32 Å². The van der Waals surface area contributed by atoms with Gasteiger partial charge >= 0.3 is 6.03 Å². The number of urea groups is 1. The zero-order valence-electron chi connectivity index (χ0n) is 11.8. The molecule has 0 spiro atoms. The highest BCUT2D eigenvalue weighted by molar-refractivity contribution is 6.08. The highest BCUT2D eigenvalue weighted by Crippen LogP contribution is 2.27. The van der Waals surface area contributed by atoms with E-state index in [1.165, 1.54) is 0 Å². The van der Waals surface area contributed by atoms with E-state index >= 15 is 0 Å². The zero-order chi connectivity index (χ0) is 15.0. The Balaban J connectivity index is 1.64. The van der Waals surface area contributed by atoms with Crippen molar-refractivity contribution >= 4 is 23.5 Å². The van der Waals surface area contributed by atoms with E-state index in [1.54, 1.807) is 17.0 Å². The molecule has 0 saturated carbocycles. The number of benzene rings is 1. The van der Waals surface area contributed by atoms with Gasteiger partial charge in [-0.3, -0.25) is 14.5 Å². The summed E-state index contributed by atoms with van der Waals surface area (Å²) < 4.78 is 0. The van der Waals surface area contributed by atoms with E-state index in [0.29, 0.717) is 18.7 Å². The number of aryl methyl sites for hydroxylation is 1. The zero-order valence-corrected chi connectivity index (χ0v) is 11.8. The first-order valence-electron chi connectivity index (χ1n) is 7.05. The number of nitrogens with zero attached hydrogens (tertiary/aromatic N) is 2. The lowest BCUT2D eigenvalue weighted by molar-refractivity contribution is -0.131. The van der Waals surface area contributed by atoms with Crippen molar-refractivity contribution < 1.29 is 14.4 Å². The SMILES string of the molecule is Cc1ccc(NC(=O)CN2C(=O)C3CCCN3C2=O)cc1. The molecule has 2 heterocycles. The van der Waals surface area contributed by atoms with Gasteiger partial charge in [0.05, 0.1) is 0 Å². The molecule has 110 valence electrons. The van der Waals surface area contributed by atoms with E-state index in [9.17, 15) is 14.4 Å². The maximum Gasteiger partial charge on any atom is 0.327 e. The van der Waals surface area contributed by atoms with Crippen LogP contribution >= 0.6 is 0 Å². The average molecular weight is 287 g/mol. The minimum atomic E-state index is -0.360. The Hall–Kier alpha value is -2.37. The van der Waals surface area contributed by atoms with Crippen molar-refractivity contribution in [2.45, 2.75) is 25.8 Å². The molecule has 1 aromatic rings. The third kappa shape index (κ3) is 2.49. The number of anilines is 1. The normalized spacial score (nSPS) is 20.9. The van der Waals surface area contributed by atoms with Crippen LogP contribution in [0, 0.1) is 6.92 Å². The van der Waals surface area contributed by atoms with Crippen molar-refractivity contribution in [1.29, 1.82) is 0 Å². The first kappa shape index (κ1) is 13.6. The molecular formula is C15H17N3O3. The predicted molar refractivity (Wildman–Crippen MR) is 76.6 cm³/mol. The number of carbonyl (C=O) groups is 3. The fourth-order valence-electron chi connectivity index (χ4n) is 2.81. The minimum Gasteiger partial charge on any atom is -0.325 e. The number of amides is 4. The molecule has 1 atom stereocenters. The molecule has 6 nitrogen and oxygen atoms in total. The lowest BCUT2D eigenvalue weighted by Gasteiger charge is -2.15. The van der Waals surface area contributed by atoms with Crippen LogP contribution in [0.15, 0.2) is 24.3 Å². The summed E-state index contributed by atoms with van der Waals surface area (Å²) in [7, 11) is 0. The molecule has 0 aromatic heterocycles. The summed E-state index contributed by atoms with van der Waals surface area (Å²) in [5.74, 6) is -0.613. The summed E-state index contributed by atoms with van der Waals surface area (Å²) in [4.78, 5) is 38.8. The molecule has 3 rings (SSSR count). The average Bonchev–Trinajstić information content (AvgIpc) is 3.02. The summed E-state index contributed by atoms with van der Waals surface area (Å²) >= 11 is 0. The molecular weight excluding hydrogens is 270 g/mol. The predicted octanol–water partition coefficient (Wildman–Crippen LogP) is 1.36. The van der Waals surface area contributed by atoms with Crippen LogP contribution in [0.1, 0.15) is 18.4 Å². The van der Waals surface area contributed by atoms with Crippen molar-refractivity contribution in [2.75, 3.05) is 18.4 Å². The van der Waals surface area contributed by atoms with Gasteiger partial charge in [0.15, 0.2) is 0 Å². The molecule has 0 aliphatic carbocycles. The second-order valence-electron chi connectivity index (χ2n) is 5.47. The molecule has 1 N–H and O–H groups in total. The Morgan fingerprint density at radius 3 is 2.67 bits per heavy atom. The van der Waals surface area contributed by atoms with E-state index in [2.05, 4.69) is 5.32 Å². The molecule has 2 saturated heterocycles. The molecule has 1 aromatic carbocycles. The Bertz CT molecular complexity index is 575. The summed E-state index contributed by atoms with van der Waals surface area (Å²) in [6.07, 6.45) is 1.55. The Kier molecular flexibility index (Phi) is 3.37. The highest BCUT2D eigenvalue weighted by Gasteiger charge is 2.47. The topological polar surface area (TPSA) is 69.7 Å². The van der Waals surface area contributed by atoms with Gasteiger partial charge in [-0.2, -0.15) is 0 Å². The van der Waals surface area contributed by atoms with Gasteiger partial charge in [0.25, 0.3) is 5.91 Å². The smallest absolute Gasteiger partial charge is 0.325 e. The quantitative estimate of drug-likeness (QED) is 0.853. The number of carbonyl (C=O) groups excluding carboxylic acids is 3. The van der Waals surface area contributed by atoms with E-state index in [0.717, 1.165) is 16.9 Å². The molecule has 4 amide bonds. The van der Waals surface area contributed by atoms with Crippen molar-refractivity contribution in [3.05, 3.63) is 29.8 Å². The van der Waals surface area contributed by atoms with Crippen molar-refractivity contribution in [2.24, 2.45) is 0 Å². The standard InChI is InChI=1S/C15H17N3O3/c1-10-4-6-11(7-5-10)16-13(19)9-18-14(20)12-3-2-8-17(12)15(18)21/h4-7,12H,2-3,8-9H2,1H3,(H,16,19). The van der Waals surface area contributed by atoms with Crippen molar-refractivity contribution in [1.82, 2.24) is 9.80 Å². The molecule has 1 unspecified atom stereocenters. The summed E-state index contributed by atoms with van der Waals surface area (Å²) in [6, 6.07) is 6.65. The molecule has 0 bridgehead atoms. The number of rotatable bonds is 3. The van der Waals surface area contributed by atoms with Crippen LogP contribution in [0.2, 0.25) is 0 Å². The van der Waals surface area contributed by atoms with Crippen molar-refractivity contribution in [3.8, 4) is 0 Å². The van der Waals surface area contributed by atoms with Crippen LogP contribution in [0.5, 0.6) is 0 Å². The number of hydrogen-bond acceptors (Lipinski definition) is 3. The van der Waals surface area contributed by atoms with E-state index in [-0.39, 0.29) is 30.4 Å². The van der Waals surface area contributed by atoms with Crippen LogP contribution in [-0.2, 0) is 9.59 Å². The molecule has 2 aliphatic heterocycles. The lowest BCUT2D eigenvalue weighted by atomic mass is 10.2. The summed E-state index contributed by atoms with van der Waals surface area (Å²) in [5.41, 5.74) is 1.75. The van der Waals surface area contributed by atoms with Crippen LogP contribution in [0.4, 0.5) is 10.5 Å². The summed E-state index contributed by atoms with van der Waals surface area (Å²) in [5, 5.41) is 2.70. The molecule has 2 fully saturated rings. The van der Waals surface area contributed by atoms with Gasteiger partial charge in [-0.05, 0) is 31.9 Å². The van der Waals surface area contributed by atoms with E-state index in [1.807, 2.05) is 19.1 Å². The van der Waals surface area contributed by atoms with Gasteiger partial charge in [-0.1, -0.05) is 17.7 Å². The number of fused-ring (bicyclic) bond motifs is 1. The van der Waals surface area contributed by atoms with E-state index < -0.39 is 0 Å². The van der Waals surface area contributed by atoms with Gasteiger partial charge in [0.1, 0.15) is 12.6 Å². The fraction of sp³-hybridized carbons (Fsp3) is 0.400. The monoisotopic (exact) mass is 287 g/mol. The first-order valence-corrected chi connectivity index (χ1v) is 7.05. The van der Waals surface area contributed by atoms with Crippen molar-refractivity contribution in [3.63, 3.8) is 0 Å². The van der Waals surface area contributed by atoms with Gasteiger partial charge in [-0.15, -0.1) is 0 Å². The third-order valence-corrected chi connectivity index (χ3v) is 3.92. The maximum atomic E-state index is 12.1. The fourth-order valence-corrected chi connectivity index (χ4v) is 2.81. The second kappa shape index (κ2) is 5.20. The molecule has 2 aliphatic rings. The number of imide groups is 1. The Morgan fingerprint density at radius 1 is 1.29 bits per heavy atom. The van der Waals surface area contributed by atoms with Crippen LogP contribution in [0.25, 0.3) is 0 Å². The van der Waals surface area contributed by atoms with Gasteiger partial charge in [0, 0.05) is 12.2 Å². The van der Waals surface area contributed by atoms with Gasteiger partial charge in [-0.25, -0.2) is 4.79 Å². The number of hydrogen-bond donors (Lipinski definition) is 1. The minimum absolute atomic E-state index is 0.224. The Morgan fingerprint density at radius 2 is 2.00 bits per heavy atom. The molecule has 0 radical (unpaired) electrons. The van der Waals surface area contributed by atoms with E-state index in [4.69, 9.17) is 0 Å². The second-order valence-corrected chi connectivity index (χ2v) is 5.47. The molecule has 6 heteroatoms. The van der Waals surface area contributed by atoms with Crippen LogP contribution in [-0.4, -0.2) is 46.8 Å². The number of nitrogens with one attached hydrogen (secondary N) is 1. The largest absolute Gasteiger partial charge is 0.327 e. The van der Waals surface area contributed by atoms with Crippen LogP contribution in [0.3, 0.4) is 0 Å². The highest BCUT2D eigenvalue weighted by atomic mass is 16.2. The Labute approximate surface area is 122 Å². The third-order valence-electron chi connectivity index (χ3n) is 3.92. The van der Waals surface area contributed by atoms with Gasteiger partial charge in [0.2, 0.25) is 5.91 Å².